The van der Waals surface area contributed by atoms with Gasteiger partial charge >= 0.3 is 0 Å². The van der Waals surface area contributed by atoms with Crippen molar-refractivity contribution in [3.63, 3.8) is 0 Å². The second-order valence-corrected chi connectivity index (χ2v) is 5.32. The molecule has 1 N–H and O–H groups in total. The van der Waals surface area contributed by atoms with Gasteiger partial charge in [-0.25, -0.2) is 0 Å². The number of benzene rings is 1. The van der Waals surface area contributed by atoms with Crippen molar-refractivity contribution in [3.05, 3.63) is 22.2 Å². The van der Waals surface area contributed by atoms with Gasteiger partial charge in [0.25, 0.3) is 0 Å². The summed E-state index contributed by atoms with van der Waals surface area (Å²) in [6, 6.07) is 4.00. The van der Waals surface area contributed by atoms with E-state index >= 15 is 0 Å². The van der Waals surface area contributed by atoms with Crippen LogP contribution in [0.2, 0.25) is 0 Å². The summed E-state index contributed by atoms with van der Waals surface area (Å²) in [6.07, 6.45) is 2.40. The summed E-state index contributed by atoms with van der Waals surface area (Å²) >= 11 is 3.65. The maximum Gasteiger partial charge on any atom is 0.165 e. The molecule has 0 radical (unpaired) electrons. The van der Waals surface area contributed by atoms with Crippen LogP contribution in [0.3, 0.4) is 0 Å². The van der Waals surface area contributed by atoms with E-state index in [9.17, 15) is 0 Å². The zero-order valence-electron chi connectivity index (χ0n) is 11.0. The molecule has 0 aromatic heterocycles. The summed E-state index contributed by atoms with van der Waals surface area (Å²) in [4.78, 5) is 0. The van der Waals surface area contributed by atoms with Crippen LogP contribution in [0.1, 0.15) is 31.2 Å². The minimum Gasteiger partial charge on any atom is -0.493 e. The van der Waals surface area contributed by atoms with Gasteiger partial charge in [0.15, 0.2) is 11.5 Å². The van der Waals surface area contributed by atoms with E-state index in [1.165, 1.54) is 18.4 Å². The Morgan fingerprint density at radius 2 is 2.28 bits per heavy atom. The molecule has 3 nitrogen and oxygen atoms in total. The summed E-state index contributed by atoms with van der Waals surface area (Å²) in [5.41, 5.74) is 1.24. The van der Waals surface area contributed by atoms with Gasteiger partial charge < -0.3 is 14.8 Å². The normalized spacial score (nSPS) is 19.6. The molecule has 0 saturated carbocycles. The molecule has 1 heterocycles. The van der Waals surface area contributed by atoms with Crippen molar-refractivity contribution >= 4 is 15.9 Å². The van der Waals surface area contributed by atoms with E-state index in [-0.39, 0.29) is 0 Å². The van der Waals surface area contributed by atoms with Crippen LogP contribution in [-0.4, -0.2) is 26.8 Å². The zero-order chi connectivity index (χ0) is 13.0. The van der Waals surface area contributed by atoms with Crippen molar-refractivity contribution in [2.24, 2.45) is 0 Å². The molecule has 4 heteroatoms. The Labute approximate surface area is 117 Å². The number of piperidine rings is 1. The monoisotopic (exact) mass is 313 g/mol. The van der Waals surface area contributed by atoms with Crippen LogP contribution in [0.5, 0.6) is 11.5 Å². The second-order valence-electron chi connectivity index (χ2n) is 4.47. The predicted molar refractivity (Wildman–Crippen MR) is 76.7 cm³/mol. The standard InChI is InChI=1S/C14H20BrNO2/c1-3-18-14-12(17-2)7-6-11(15)13(14)10-5-4-8-16-9-10/h6-7,10,16H,3-5,8-9H2,1-2H3. The van der Waals surface area contributed by atoms with Gasteiger partial charge in [0.2, 0.25) is 0 Å². The number of hydrogen-bond acceptors (Lipinski definition) is 3. The van der Waals surface area contributed by atoms with E-state index in [2.05, 4.69) is 21.2 Å². The third kappa shape index (κ3) is 2.81. The fourth-order valence-electron chi connectivity index (χ4n) is 2.49. The van der Waals surface area contributed by atoms with Crippen molar-refractivity contribution in [2.45, 2.75) is 25.7 Å². The average molecular weight is 314 g/mol. The van der Waals surface area contributed by atoms with Gasteiger partial charge in [-0.15, -0.1) is 0 Å². The summed E-state index contributed by atoms with van der Waals surface area (Å²) in [5.74, 6) is 2.20. The quantitative estimate of drug-likeness (QED) is 0.925. The van der Waals surface area contributed by atoms with Crippen molar-refractivity contribution in [2.75, 3.05) is 26.8 Å². The van der Waals surface area contributed by atoms with E-state index in [4.69, 9.17) is 9.47 Å². The highest BCUT2D eigenvalue weighted by Gasteiger charge is 2.24. The second kappa shape index (κ2) is 6.43. The SMILES string of the molecule is CCOc1c(OC)ccc(Br)c1C1CCCNC1. The van der Waals surface area contributed by atoms with Crippen LogP contribution in [0.25, 0.3) is 0 Å². The molecule has 1 aliphatic rings. The minimum absolute atomic E-state index is 0.491. The molecular formula is C14H20BrNO2. The van der Waals surface area contributed by atoms with Gasteiger partial charge in [0.1, 0.15) is 0 Å². The van der Waals surface area contributed by atoms with E-state index in [0.29, 0.717) is 12.5 Å². The third-order valence-corrected chi connectivity index (χ3v) is 4.01. The van der Waals surface area contributed by atoms with Crippen LogP contribution in [-0.2, 0) is 0 Å². The first-order valence-electron chi connectivity index (χ1n) is 6.47. The molecule has 1 saturated heterocycles. The van der Waals surface area contributed by atoms with Crippen molar-refractivity contribution < 1.29 is 9.47 Å². The molecule has 1 unspecified atom stereocenters. The van der Waals surface area contributed by atoms with Gasteiger partial charge in [-0.3, -0.25) is 0 Å². The predicted octanol–water partition coefficient (Wildman–Crippen LogP) is 3.32. The number of ether oxygens (including phenoxy) is 2. The average Bonchev–Trinajstić information content (AvgIpc) is 2.40. The van der Waals surface area contributed by atoms with Gasteiger partial charge in [0, 0.05) is 22.5 Å². The van der Waals surface area contributed by atoms with E-state index in [0.717, 1.165) is 29.1 Å². The summed E-state index contributed by atoms with van der Waals surface area (Å²) < 4.78 is 12.3. The molecular weight excluding hydrogens is 294 g/mol. The van der Waals surface area contributed by atoms with Crippen LogP contribution < -0.4 is 14.8 Å². The summed E-state index contributed by atoms with van der Waals surface area (Å²) in [7, 11) is 1.69. The highest BCUT2D eigenvalue weighted by atomic mass is 79.9. The van der Waals surface area contributed by atoms with Crippen LogP contribution in [0.4, 0.5) is 0 Å². The van der Waals surface area contributed by atoms with Gasteiger partial charge in [-0.2, -0.15) is 0 Å². The maximum absolute atomic E-state index is 5.81. The summed E-state index contributed by atoms with van der Waals surface area (Å²) in [6.45, 7) is 4.77. The molecule has 2 rings (SSSR count). The van der Waals surface area contributed by atoms with E-state index in [1.807, 2.05) is 19.1 Å². The first-order valence-corrected chi connectivity index (χ1v) is 7.27. The Morgan fingerprint density at radius 1 is 1.44 bits per heavy atom. The molecule has 0 spiro atoms. The molecule has 1 aliphatic heterocycles. The number of halogens is 1. The minimum atomic E-state index is 0.491. The van der Waals surface area contributed by atoms with Crippen LogP contribution in [0, 0.1) is 0 Å². The van der Waals surface area contributed by atoms with Gasteiger partial charge in [-0.1, -0.05) is 15.9 Å². The van der Waals surface area contributed by atoms with Gasteiger partial charge in [0.05, 0.1) is 13.7 Å². The topological polar surface area (TPSA) is 30.5 Å². The lowest BCUT2D eigenvalue weighted by molar-refractivity contribution is 0.302. The number of methoxy groups -OCH3 is 1. The highest BCUT2D eigenvalue weighted by molar-refractivity contribution is 9.10. The first kappa shape index (κ1) is 13.7. The Morgan fingerprint density at radius 3 is 2.89 bits per heavy atom. The molecule has 100 valence electrons. The van der Waals surface area contributed by atoms with Crippen LogP contribution in [0.15, 0.2) is 16.6 Å². The smallest absolute Gasteiger partial charge is 0.165 e. The third-order valence-electron chi connectivity index (χ3n) is 3.32. The lowest BCUT2D eigenvalue weighted by Gasteiger charge is -2.26. The molecule has 0 bridgehead atoms. The molecule has 1 aromatic rings. The van der Waals surface area contributed by atoms with E-state index < -0.39 is 0 Å². The Bertz CT molecular complexity index is 403. The number of rotatable bonds is 4. The Kier molecular flexibility index (Phi) is 4.89. The van der Waals surface area contributed by atoms with Crippen molar-refractivity contribution in [1.82, 2.24) is 5.32 Å². The Balaban J connectivity index is 2.41. The fraction of sp³-hybridized carbons (Fsp3) is 0.571. The fourth-order valence-corrected chi connectivity index (χ4v) is 3.12. The highest BCUT2D eigenvalue weighted by Crippen LogP contribution is 2.42. The van der Waals surface area contributed by atoms with E-state index in [1.54, 1.807) is 7.11 Å². The zero-order valence-corrected chi connectivity index (χ0v) is 12.5. The molecule has 0 amide bonds. The number of hydrogen-bond donors (Lipinski definition) is 1. The first-order chi connectivity index (χ1) is 8.77. The van der Waals surface area contributed by atoms with Crippen LogP contribution >= 0.6 is 15.9 Å². The Hall–Kier alpha value is -0.740. The molecule has 0 aliphatic carbocycles. The van der Waals surface area contributed by atoms with Crippen molar-refractivity contribution in [1.29, 1.82) is 0 Å². The summed E-state index contributed by atoms with van der Waals surface area (Å²) in [5, 5.41) is 3.45. The molecule has 1 aromatic carbocycles. The lowest BCUT2D eigenvalue weighted by Crippen LogP contribution is -2.28. The van der Waals surface area contributed by atoms with Crippen molar-refractivity contribution in [3.8, 4) is 11.5 Å². The molecule has 1 atom stereocenters. The molecule has 18 heavy (non-hydrogen) atoms. The maximum atomic E-state index is 5.81. The van der Waals surface area contributed by atoms with Gasteiger partial charge in [-0.05, 0) is 38.4 Å². The largest absolute Gasteiger partial charge is 0.493 e. The lowest BCUT2D eigenvalue weighted by atomic mass is 9.90. The number of nitrogens with one attached hydrogen (secondary N) is 1. The molecule has 1 fully saturated rings.